The van der Waals surface area contributed by atoms with Gasteiger partial charge in [-0.15, -0.1) is 0 Å². The number of hydrogen-bond acceptors (Lipinski definition) is 4. The molecule has 0 radical (unpaired) electrons. The van der Waals surface area contributed by atoms with E-state index < -0.39 is 11.7 Å². The van der Waals surface area contributed by atoms with Crippen molar-refractivity contribution in [2.75, 3.05) is 4.90 Å². The van der Waals surface area contributed by atoms with E-state index in [-0.39, 0.29) is 6.54 Å². The van der Waals surface area contributed by atoms with E-state index in [0.29, 0.717) is 17.0 Å². The highest BCUT2D eigenvalue weighted by atomic mass is 16.5. The lowest BCUT2D eigenvalue weighted by Gasteiger charge is -2.15. The maximum Gasteiger partial charge on any atom is 0.299 e. The zero-order valence-corrected chi connectivity index (χ0v) is 11.6. The molecule has 20 heavy (non-hydrogen) atoms. The van der Waals surface area contributed by atoms with Gasteiger partial charge in [-0.3, -0.25) is 14.5 Å². The van der Waals surface area contributed by atoms with Crippen molar-refractivity contribution in [2.45, 2.75) is 27.3 Å². The van der Waals surface area contributed by atoms with E-state index >= 15 is 0 Å². The maximum absolute atomic E-state index is 12.2. The first-order valence-corrected chi connectivity index (χ1v) is 6.37. The topological polar surface area (TPSA) is 63.4 Å². The second-order valence-electron chi connectivity index (χ2n) is 5.13. The minimum Gasteiger partial charge on any atom is -0.359 e. The Bertz CT molecular complexity index is 731. The molecule has 0 N–H and O–H groups in total. The number of ketones is 1. The van der Waals surface area contributed by atoms with Crippen molar-refractivity contribution in [3.63, 3.8) is 0 Å². The molecule has 0 fully saturated rings. The number of rotatable bonds is 2. The average Bonchev–Trinajstić information content (AvgIpc) is 2.87. The van der Waals surface area contributed by atoms with Crippen molar-refractivity contribution in [1.82, 2.24) is 5.16 Å². The van der Waals surface area contributed by atoms with Gasteiger partial charge in [-0.2, -0.15) is 0 Å². The highest BCUT2D eigenvalue weighted by Gasteiger charge is 2.37. The monoisotopic (exact) mass is 270 g/mol. The minimum absolute atomic E-state index is 0.224. The van der Waals surface area contributed by atoms with Crippen LogP contribution >= 0.6 is 0 Å². The minimum atomic E-state index is -0.511. The molecule has 0 saturated carbocycles. The average molecular weight is 270 g/mol. The number of aromatic nitrogens is 1. The molecule has 0 aliphatic carbocycles. The number of fused-ring (bicyclic) bond motifs is 1. The second-order valence-corrected chi connectivity index (χ2v) is 5.13. The van der Waals surface area contributed by atoms with Crippen molar-refractivity contribution in [3.05, 3.63) is 46.3 Å². The number of amides is 1. The van der Waals surface area contributed by atoms with Crippen LogP contribution in [0.2, 0.25) is 0 Å². The first-order chi connectivity index (χ1) is 9.47. The lowest BCUT2D eigenvalue weighted by atomic mass is 10.0. The standard InChI is InChI=1S/C15H14N2O3/c1-8-4-9(2)13-12(5-8)17(15(19)14(13)18)7-11-6-10(3)16-20-11/h4-6H,7H2,1-3H3. The van der Waals surface area contributed by atoms with Crippen LogP contribution in [0.1, 0.15) is 32.9 Å². The van der Waals surface area contributed by atoms with Gasteiger partial charge in [0, 0.05) is 6.07 Å². The molecule has 1 aliphatic rings. The van der Waals surface area contributed by atoms with Gasteiger partial charge in [-0.25, -0.2) is 0 Å². The maximum atomic E-state index is 12.2. The molecule has 3 rings (SSSR count). The summed E-state index contributed by atoms with van der Waals surface area (Å²) >= 11 is 0. The molecular weight excluding hydrogens is 256 g/mol. The van der Waals surface area contributed by atoms with Gasteiger partial charge in [0.1, 0.15) is 0 Å². The molecule has 0 bridgehead atoms. The van der Waals surface area contributed by atoms with Gasteiger partial charge in [0.2, 0.25) is 0 Å². The van der Waals surface area contributed by atoms with Gasteiger partial charge in [-0.1, -0.05) is 11.2 Å². The predicted octanol–water partition coefficient (Wildman–Crippen LogP) is 2.33. The number of Topliss-reactive ketones (excluding diaryl/α,β-unsaturated/α-hetero) is 1. The molecule has 2 aromatic rings. The molecule has 102 valence electrons. The molecule has 1 aliphatic heterocycles. The quantitative estimate of drug-likeness (QED) is 0.786. The van der Waals surface area contributed by atoms with Crippen molar-refractivity contribution >= 4 is 17.4 Å². The Labute approximate surface area is 116 Å². The summed E-state index contributed by atoms with van der Waals surface area (Å²) in [5, 5.41) is 3.80. The molecule has 0 spiro atoms. The normalized spacial score (nSPS) is 14.1. The number of anilines is 1. The van der Waals surface area contributed by atoms with Gasteiger partial charge >= 0.3 is 0 Å². The van der Waals surface area contributed by atoms with E-state index in [0.717, 1.165) is 16.8 Å². The highest BCUT2D eigenvalue weighted by molar-refractivity contribution is 6.52. The van der Waals surface area contributed by atoms with Crippen molar-refractivity contribution in [3.8, 4) is 0 Å². The molecule has 1 amide bonds. The molecular formula is C15H14N2O3. The number of aryl methyl sites for hydroxylation is 3. The number of hydrogen-bond donors (Lipinski definition) is 0. The van der Waals surface area contributed by atoms with Crippen LogP contribution in [0.5, 0.6) is 0 Å². The number of nitrogens with zero attached hydrogens (tertiary/aromatic N) is 2. The Morgan fingerprint density at radius 1 is 1.15 bits per heavy atom. The van der Waals surface area contributed by atoms with Gasteiger partial charge in [0.05, 0.1) is 23.5 Å². The van der Waals surface area contributed by atoms with Crippen molar-refractivity contribution in [2.24, 2.45) is 0 Å². The van der Waals surface area contributed by atoms with E-state index in [1.54, 1.807) is 6.07 Å². The largest absolute Gasteiger partial charge is 0.359 e. The van der Waals surface area contributed by atoms with E-state index in [1.807, 2.05) is 32.9 Å². The highest BCUT2D eigenvalue weighted by Crippen LogP contribution is 2.33. The summed E-state index contributed by atoms with van der Waals surface area (Å²) in [5.41, 5.74) is 3.75. The Balaban J connectivity index is 2.06. The molecule has 5 nitrogen and oxygen atoms in total. The van der Waals surface area contributed by atoms with Crippen LogP contribution in [-0.4, -0.2) is 16.8 Å². The summed E-state index contributed by atoms with van der Waals surface area (Å²) in [6, 6.07) is 5.53. The van der Waals surface area contributed by atoms with E-state index in [2.05, 4.69) is 5.16 Å². The Morgan fingerprint density at radius 2 is 1.90 bits per heavy atom. The third-order valence-corrected chi connectivity index (χ3v) is 3.41. The lowest BCUT2D eigenvalue weighted by molar-refractivity contribution is -0.114. The van der Waals surface area contributed by atoms with Crippen LogP contribution in [-0.2, 0) is 11.3 Å². The Morgan fingerprint density at radius 3 is 2.55 bits per heavy atom. The first-order valence-electron chi connectivity index (χ1n) is 6.37. The predicted molar refractivity (Wildman–Crippen MR) is 72.7 cm³/mol. The molecule has 1 aromatic heterocycles. The summed E-state index contributed by atoms with van der Waals surface area (Å²) in [6.07, 6.45) is 0. The van der Waals surface area contributed by atoms with Gasteiger partial charge in [0.25, 0.3) is 11.7 Å². The zero-order valence-electron chi connectivity index (χ0n) is 11.6. The van der Waals surface area contributed by atoms with Gasteiger partial charge in [0.15, 0.2) is 5.76 Å². The fraction of sp³-hybridized carbons (Fsp3) is 0.267. The number of benzene rings is 1. The molecule has 0 saturated heterocycles. The van der Waals surface area contributed by atoms with Crippen LogP contribution in [0, 0.1) is 20.8 Å². The Kier molecular flexibility index (Phi) is 2.71. The van der Waals surface area contributed by atoms with Gasteiger partial charge < -0.3 is 4.52 Å². The van der Waals surface area contributed by atoms with E-state index in [4.69, 9.17) is 4.52 Å². The van der Waals surface area contributed by atoms with Crippen LogP contribution < -0.4 is 4.90 Å². The molecule has 1 aromatic carbocycles. The third-order valence-electron chi connectivity index (χ3n) is 3.41. The zero-order chi connectivity index (χ0) is 14.4. The fourth-order valence-corrected chi connectivity index (χ4v) is 2.60. The SMILES string of the molecule is Cc1cc(C)c2c(c1)N(Cc1cc(C)no1)C(=O)C2=O. The number of carbonyl (C=O) groups is 2. The van der Waals surface area contributed by atoms with Crippen LogP contribution in [0.3, 0.4) is 0 Å². The third kappa shape index (κ3) is 1.82. The van der Waals surface area contributed by atoms with Crippen LogP contribution in [0.4, 0.5) is 5.69 Å². The van der Waals surface area contributed by atoms with Crippen molar-refractivity contribution in [1.29, 1.82) is 0 Å². The molecule has 5 heteroatoms. The Hall–Kier alpha value is -2.43. The van der Waals surface area contributed by atoms with Crippen LogP contribution in [0.25, 0.3) is 0 Å². The summed E-state index contributed by atoms with van der Waals surface area (Å²) in [4.78, 5) is 25.7. The summed E-state index contributed by atoms with van der Waals surface area (Å²) in [6.45, 7) is 5.82. The van der Waals surface area contributed by atoms with E-state index in [9.17, 15) is 9.59 Å². The summed E-state index contributed by atoms with van der Waals surface area (Å²) < 4.78 is 5.13. The fourth-order valence-electron chi connectivity index (χ4n) is 2.60. The van der Waals surface area contributed by atoms with Crippen molar-refractivity contribution < 1.29 is 14.1 Å². The molecule has 0 unspecified atom stereocenters. The van der Waals surface area contributed by atoms with Gasteiger partial charge in [-0.05, 0) is 38.0 Å². The molecule has 2 heterocycles. The van der Waals surface area contributed by atoms with Crippen LogP contribution in [0.15, 0.2) is 22.7 Å². The first kappa shape index (κ1) is 12.6. The number of carbonyl (C=O) groups excluding carboxylic acids is 2. The van der Waals surface area contributed by atoms with E-state index in [1.165, 1.54) is 4.90 Å². The molecule has 0 atom stereocenters. The summed E-state index contributed by atoms with van der Waals surface area (Å²) in [7, 11) is 0. The summed E-state index contributed by atoms with van der Waals surface area (Å²) in [5.74, 6) is -0.396. The lowest BCUT2D eigenvalue weighted by Crippen LogP contribution is -2.29. The smallest absolute Gasteiger partial charge is 0.299 e. The second kappa shape index (κ2) is 4.30.